The lowest BCUT2D eigenvalue weighted by Gasteiger charge is -2.22. The second-order valence-corrected chi connectivity index (χ2v) is 6.15. The van der Waals surface area contributed by atoms with Crippen molar-refractivity contribution in [3.63, 3.8) is 0 Å². The fourth-order valence-corrected chi connectivity index (χ4v) is 3.16. The van der Waals surface area contributed by atoms with Gasteiger partial charge >= 0.3 is 11.7 Å². The van der Waals surface area contributed by atoms with E-state index in [1.54, 1.807) is 4.57 Å². The second-order valence-electron chi connectivity index (χ2n) is 6.15. The molecule has 25 heavy (non-hydrogen) atoms. The zero-order valence-electron chi connectivity index (χ0n) is 14.8. The van der Waals surface area contributed by atoms with Gasteiger partial charge in [-0.2, -0.15) is 0 Å². The zero-order chi connectivity index (χ0) is 17.8. The highest BCUT2D eigenvalue weighted by atomic mass is 16.6. The minimum Gasteiger partial charge on any atom is -0.467 e. The molecule has 0 fully saturated rings. The van der Waals surface area contributed by atoms with Crippen LogP contribution in [-0.2, 0) is 0 Å². The summed E-state index contributed by atoms with van der Waals surface area (Å²) in [5.74, 6) is 0.0393. The maximum Gasteiger partial charge on any atom is 0.423 e. The Labute approximate surface area is 147 Å². The van der Waals surface area contributed by atoms with Gasteiger partial charge in [0.2, 0.25) is 0 Å². The molecule has 0 radical (unpaired) electrons. The third-order valence-electron chi connectivity index (χ3n) is 4.60. The van der Waals surface area contributed by atoms with Crippen LogP contribution in [0.2, 0.25) is 0 Å². The van der Waals surface area contributed by atoms with Gasteiger partial charge in [0, 0.05) is 5.92 Å². The van der Waals surface area contributed by atoms with E-state index in [1.165, 1.54) is 7.11 Å². The summed E-state index contributed by atoms with van der Waals surface area (Å²) in [6.45, 7) is 4.17. The Hall–Kier alpha value is -2.75. The first-order valence-corrected chi connectivity index (χ1v) is 8.56. The number of rotatable bonds is 6. The minimum atomic E-state index is -0.398. The summed E-state index contributed by atoms with van der Waals surface area (Å²) in [7, 11) is 1.54. The molecule has 4 heteroatoms. The number of hydrogen-bond donors (Lipinski definition) is 0. The van der Waals surface area contributed by atoms with Gasteiger partial charge in [-0.1, -0.05) is 74.5 Å². The highest BCUT2D eigenvalue weighted by Gasteiger charge is 2.29. The van der Waals surface area contributed by atoms with Gasteiger partial charge in [-0.05, 0) is 17.5 Å². The lowest BCUT2D eigenvalue weighted by Crippen LogP contribution is -2.25. The molecular weight excluding hydrogens is 314 g/mol. The summed E-state index contributed by atoms with van der Waals surface area (Å²) in [5.41, 5.74) is 2.86. The first-order valence-electron chi connectivity index (χ1n) is 8.56. The van der Waals surface area contributed by atoms with Crippen LogP contribution in [0.15, 0.2) is 69.9 Å². The molecule has 0 saturated heterocycles. The van der Waals surface area contributed by atoms with E-state index in [4.69, 9.17) is 9.15 Å². The van der Waals surface area contributed by atoms with Crippen LogP contribution < -0.4 is 10.5 Å². The van der Waals surface area contributed by atoms with Crippen LogP contribution in [-0.4, -0.2) is 11.7 Å². The van der Waals surface area contributed by atoms with E-state index in [9.17, 15) is 4.79 Å². The molecule has 3 rings (SSSR count). The maximum atomic E-state index is 12.7. The number of hydrogen-bond acceptors (Lipinski definition) is 3. The van der Waals surface area contributed by atoms with E-state index in [0.29, 0.717) is 5.95 Å². The molecule has 1 atom stereocenters. The molecule has 2 aromatic carbocycles. The number of aromatic nitrogens is 1. The highest BCUT2D eigenvalue weighted by Crippen LogP contribution is 2.34. The monoisotopic (exact) mass is 337 g/mol. The van der Waals surface area contributed by atoms with Gasteiger partial charge in [-0.25, -0.2) is 4.79 Å². The van der Waals surface area contributed by atoms with Crippen LogP contribution in [0.5, 0.6) is 5.95 Å². The summed E-state index contributed by atoms with van der Waals surface area (Å²) in [4.78, 5) is 12.7. The Morgan fingerprint density at radius 1 is 1.00 bits per heavy atom. The molecule has 1 aromatic heterocycles. The standard InChI is InChI=1S/C21H23NO3/c1-4-15(2)18-20(24-3)25-21(23)22(18)19(16-11-7-5-8-12-16)17-13-9-6-10-14-17/h5-15,19H,4H2,1-3H3. The van der Waals surface area contributed by atoms with Crippen molar-refractivity contribution in [1.82, 2.24) is 4.57 Å². The van der Waals surface area contributed by atoms with Crippen LogP contribution in [0.25, 0.3) is 0 Å². The molecule has 1 heterocycles. The first kappa shape index (κ1) is 17.1. The van der Waals surface area contributed by atoms with Crippen molar-refractivity contribution in [3.8, 4) is 5.95 Å². The summed E-state index contributed by atoms with van der Waals surface area (Å²) >= 11 is 0. The fraction of sp³-hybridized carbons (Fsp3) is 0.286. The summed E-state index contributed by atoms with van der Waals surface area (Å²) < 4.78 is 12.5. The number of methoxy groups -OCH3 is 1. The minimum absolute atomic E-state index is 0.135. The van der Waals surface area contributed by atoms with Crippen LogP contribution in [0.1, 0.15) is 49.0 Å². The van der Waals surface area contributed by atoms with E-state index in [2.05, 4.69) is 13.8 Å². The molecule has 130 valence electrons. The predicted molar refractivity (Wildman–Crippen MR) is 98.4 cm³/mol. The van der Waals surface area contributed by atoms with Gasteiger partial charge in [0.25, 0.3) is 0 Å². The van der Waals surface area contributed by atoms with E-state index in [-0.39, 0.29) is 12.0 Å². The Morgan fingerprint density at radius 2 is 1.52 bits per heavy atom. The lowest BCUT2D eigenvalue weighted by atomic mass is 9.96. The van der Waals surface area contributed by atoms with Crippen LogP contribution in [0, 0.1) is 0 Å². The molecule has 0 N–H and O–H groups in total. The lowest BCUT2D eigenvalue weighted by molar-refractivity contribution is 0.289. The van der Waals surface area contributed by atoms with E-state index in [1.807, 2.05) is 60.7 Å². The summed E-state index contributed by atoms with van der Waals surface area (Å²) in [5, 5.41) is 0. The van der Waals surface area contributed by atoms with Gasteiger partial charge in [-0.3, -0.25) is 4.57 Å². The molecule has 3 aromatic rings. The summed E-state index contributed by atoms with van der Waals surface area (Å²) in [6, 6.07) is 19.7. The molecule has 0 amide bonds. The Kier molecular flexibility index (Phi) is 5.08. The van der Waals surface area contributed by atoms with Crippen molar-refractivity contribution in [2.75, 3.05) is 7.11 Å². The van der Waals surface area contributed by atoms with Gasteiger partial charge in [0.05, 0.1) is 13.2 Å². The largest absolute Gasteiger partial charge is 0.467 e. The first-order chi connectivity index (χ1) is 12.2. The van der Waals surface area contributed by atoms with Crippen molar-refractivity contribution < 1.29 is 9.15 Å². The van der Waals surface area contributed by atoms with Gasteiger partial charge in [-0.15, -0.1) is 0 Å². The Balaban J connectivity index is 2.28. The van der Waals surface area contributed by atoms with Crippen molar-refractivity contribution >= 4 is 0 Å². The van der Waals surface area contributed by atoms with Gasteiger partial charge < -0.3 is 9.15 Å². The zero-order valence-corrected chi connectivity index (χ0v) is 14.8. The average Bonchev–Trinajstić information content (AvgIpc) is 2.99. The van der Waals surface area contributed by atoms with Crippen molar-refractivity contribution in [2.24, 2.45) is 0 Å². The van der Waals surface area contributed by atoms with Crippen molar-refractivity contribution in [2.45, 2.75) is 32.2 Å². The molecule has 0 aliphatic heterocycles. The fourth-order valence-electron chi connectivity index (χ4n) is 3.16. The van der Waals surface area contributed by atoms with Crippen molar-refractivity contribution in [1.29, 1.82) is 0 Å². The maximum absolute atomic E-state index is 12.7. The van der Waals surface area contributed by atoms with Crippen LogP contribution >= 0.6 is 0 Å². The van der Waals surface area contributed by atoms with Gasteiger partial charge in [0.1, 0.15) is 5.69 Å². The average molecular weight is 337 g/mol. The molecule has 0 aliphatic carbocycles. The second kappa shape index (κ2) is 7.43. The third kappa shape index (κ3) is 3.25. The van der Waals surface area contributed by atoms with Crippen LogP contribution in [0.4, 0.5) is 0 Å². The molecule has 0 aliphatic rings. The molecule has 4 nitrogen and oxygen atoms in total. The molecule has 0 spiro atoms. The third-order valence-corrected chi connectivity index (χ3v) is 4.60. The topological polar surface area (TPSA) is 44.4 Å². The summed E-state index contributed by atoms with van der Waals surface area (Å²) in [6.07, 6.45) is 0.881. The quantitative estimate of drug-likeness (QED) is 0.660. The van der Waals surface area contributed by atoms with Crippen LogP contribution in [0.3, 0.4) is 0 Å². The molecule has 0 saturated carbocycles. The predicted octanol–water partition coefficient (Wildman–Crippen LogP) is 4.60. The number of oxazole rings is 1. The normalized spacial score (nSPS) is 12.3. The van der Waals surface area contributed by atoms with E-state index < -0.39 is 5.76 Å². The number of nitrogens with zero attached hydrogens (tertiary/aromatic N) is 1. The number of benzene rings is 2. The van der Waals surface area contributed by atoms with E-state index in [0.717, 1.165) is 23.2 Å². The smallest absolute Gasteiger partial charge is 0.423 e. The highest BCUT2D eigenvalue weighted by molar-refractivity contribution is 5.35. The Bertz CT molecular complexity index is 826. The molecular formula is C21H23NO3. The van der Waals surface area contributed by atoms with Gasteiger partial charge in [0.15, 0.2) is 0 Å². The van der Waals surface area contributed by atoms with Crippen molar-refractivity contribution in [3.05, 3.63) is 88.0 Å². The SMILES string of the molecule is CCC(C)c1c(OC)oc(=O)n1C(c1ccccc1)c1ccccc1. The molecule has 1 unspecified atom stereocenters. The Morgan fingerprint density at radius 3 is 1.96 bits per heavy atom. The number of ether oxygens (including phenoxy) is 1. The molecule has 0 bridgehead atoms. The van der Waals surface area contributed by atoms with E-state index >= 15 is 0 Å².